The van der Waals surface area contributed by atoms with Crippen LogP contribution in [0.1, 0.15) is 44.8 Å². The Morgan fingerprint density at radius 3 is 2.76 bits per heavy atom. The molecule has 1 aromatic rings. The maximum Gasteiger partial charge on any atom is 0.0700 e. The molecule has 1 atom stereocenters. The van der Waals surface area contributed by atoms with Crippen molar-refractivity contribution in [2.75, 3.05) is 33.5 Å². The lowest BCUT2D eigenvalue weighted by Gasteiger charge is -2.20. The fourth-order valence-electron chi connectivity index (χ4n) is 2.21. The number of aromatic nitrogens is 2. The van der Waals surface area contributed by atoms with E-state index < -0.39 is 0 Å². The summed E-state index contributed by atoms with van der Waals surface area (Å²) in [6.45, 7) is 8.28. The van der Waals surface area contributed by atoms with Gasteiger partial charge in [0.2, 0.25) is 0 Å². The minimum atomic E-state index is 0.260. The molecular weight excluding hydrogens is 334 g/mol. The molecule has 0 saturated carbocycles. The van der Waals surface area contributed by atoms with Crippen molar-refractivity contribution in [2.24, 2.45) is 0 Å². The van der Waals surface area contributed by atoms with Crippen LogP contribution in [-0.4, -0.2) is 43.3 Å². The predicted molar refractivity (Wildman–Crippen MR) is 88.6 cm³/mol. The normalized spacial score (nSPS) is 12.8. The molecule has 0 bridgehead atoms. The van der Waals surface area contributed by atoms with E-state index in [1.807, 2.05) is 6.20 Å². The Kier molecular flexibility index (Phi) is 9.91. The quantitative estimate of drug-likeness (QED) is 0.581. The van der Waals surface area contributed by atoms with Gasteiger partial charge in [0.1, 0.15) is 0 Å². The van der Waals surface area contributed by atoms with Crippen LogP contribution in [0.5, 0.6) is 0 Å². The van der Waals surface area contributed by atoms with Crippen molar-refractivity contribution in [2.45, 2.75) is 45.7 Å². The fraction of sp³-hybridized carbons (Fsp3) is 0.800. The zero-order chi connectivity index (χ0) is 15.5. The van der Waals surface area contributed by atoms with Crippen molar-refractivity contribution in [3.8, 4) is 0 Å². The van der Waals surface area contributed by atoms with E-state index in [0.29, 0.717) is 19.8 Å². The second kappa shape index (κ2) is 11.2. The van der Waals surface area contributed by atoms with Gasteiger partial charge in [-0.15, -0.1) is 0 Å². The standard InChI is InChI=1S/C15H28BrN3O2/c1-4-7-17-14(6-9-21-11-10-20-3)15-13(16)12-18-19(15)8-5-2/h12,14,17H,4-11H2,1-3H3. The maximum atomic E-state index is 5.61. The van der Waals surface area contributed by atoms with Gasteiger partial charge in [-0.3, -0.25) is 4.68 Å². The third-order valence-corrected chi connectivity index (χ3v) is 3.83. The third-order valence-electron chi connectivity index (χ3n) is 3.22. The van der Waals surface area contributed by atoms with Crippen molar-refractivity contribution in [3.63, 3.8) is 0 Å². The number of rotatable bonds is 12. The molecule has 1 N–H and O–H groups in total. The summed E-state index contributed by atoms with van der Waals surface area (Å²) in [6.07, 6.45) is 5.00. The molecule has 1 aromatic heterocycles. The van der Waals surface area contributed by atoms with Crippen LogP contribution in [0.2, 0.25) is 0 Å². The van der Waals surface area contributed by atoms with E-state index >= 15 is 0 Å². The summed E-state index contributed by atoms with van der Waals surface area (Å²) in [5.41, 5.74) is 1.22. The van der Waals surface area contributed by atoms with Gasteiger partial charge in [0.25, 0.3) is 0 Å². The summed E-state index contributed by atoms with van der Waals surface area (Å²) in [7, 11) is 1.69. The number of halogens is 1. The van der Waals surface area contributed by atoms with Crippen LogP contribution >= 0.6 is 15.9 Å². The second-order valence-electron chi connectivity index (χ2n) is 5.00. The molecule has 0 radical (unpaired) electrons. The molecule has 6 heteroatoms. The highest BCUT2D eigenvalue weighted by molar-refractivity contribution is 9.10. The highest BCUT2D eigenvalue weighted by atomic mass is 79.9. The van der Waals surface area contributed by atoms with Gasteiger partial charge >= 0.3 is 0 Å². The predicted octanol–water partition coefficient (Wildman–Crippen LogP) is 3.15. The number of methoxy groups -OCH3 is 1. The van der Waals surface area contributed by atoms with E-state index in [1.165, 1.54) is 5.69 Å². The Bertz CT molecular complexity index is 385. The van der Waals surface area contributed by atoms with Gasteiger partial charge in [-0.2, -0.15) is 5.10 Å². The van der Waals surface area contributed by atoms with E-state index in [0.717, 1.165) is 36.8 Å². The second-order valence-corrected chi connectivity index (χ2v) is 5.86. The Morgan fingerprint density at radius 2 is 2.10 bits per heavy atom. The highest BCUT2D eigenvalue weighted by Gasteiger charge is 2.19. The SMILES string of the molecule is CCCNC(CCOCCOC)c1c(Br)cnn1CCC. The van der Waals surface area contributed by atoms with E-state index in [-0.39, 0.29) is 6.04 Å². The molecule has 0 fully saturated rings. The fourth-order valence-corrected chi connectivity index (χ4v) is 2.78. The molecule has 5 nitrogen and oxygen atoms in total. The van der Waals surface area contributed by atoms with E-state index in [2.05, 4.69) is 44.9 Å². The van der Waals surface area contributed by atoms with E-state index in [9.17, 15) is 0 Å². The zero-order valence-corrected chi connectivity index (χ0v) is 15.0. The Balaban J connectivity index is 2.65. The van der Waals surface area contributed by atoms with E-state index in [1.54, 1.807) is 7.11 Å². The first kappa shape index (κ1) is 18.6. The Morgan fingerprint density at radius 1 is 1.29 bits per heavy atom. The topological polar surface area (TPSA) is 48.3 Å². The van der Waals surface area contributed by atoms with Crippen LogP contribution in [0, 0.1) is 0 Å². The van der Waals surface area contributed by atoms with Crippen molar-refractivity contribution in [3.05, 3.63) is 16.4 Å². The molecule has 1 rings (SSSR count). The third kappa shape index (κ3) is 6.46. The zero-order valence-electron chi connectivity index (χ0n) is 13.4. The molecule has 0 aliphatic rings. The first-order valence-electron chi connectivity index (χ1n) is 7.75. The number of ether oxygens (including phenoxy) is 2. The first-order chi connectivity index (χ1) is 10.2. The van der Waals surface area contributed by atoms with Crippen molar-refractivity contribution >= 4 is 15.9 Å². The van der Waals surface area contributed by atoms with Crippen molar-refractivity contribution in [1.29, 1.82) is 0 Å². The molecule has 1 unspecified atom stereocenters. The number of hydrogen-bond donors (Lipinski definition) is 1. The smallest absolute Gasteiger partial charge is 0.0700 e. The minimum absolute atomic E-state index is 0.260. The summed E-state index contributed by atoms with van der Waals surface area (Å²) < 4.78 is 13.8. The lowest BCUT2D eigenvalue weighted by Crippen LogP contribution is -2.26. The summed E-state index contributed by atoms with van der Waals surface area (Å²) in [6, 6.07) is 0.260. The van der Waals surface area contributed by atoms with Crippen LogP contribution in [0.3, 0.4) is 0 Å². The van der Waals surface area contributed by atoms with Gasteiger partial charge in [-0.25, -0.2) is 0 Å². The van der Waals surface area contributed by atoms with Crippen LogP contribution < -0.4 is 5.32 Å². The minimum Gasteiger partial charge on any atom is -0.382 e. The first-order valence-corrected chi connectivity index (χ1v) is 8.55. The molecular formula is C15H28BrN3O2. The van der Waals surface area contributed by atoms with Gasteiger partial charge in [0.05, 0.1) is 35.6 Å². The van der Waals surface area contributed by atoms with Gasteiger partial charge < -0.3 is 14.8 Å². The van der Waals surface area contributed by atoms with Gasteiger partial charge in [-0.05, 0) is 41.7 Å². The molecule has 0 aliphatic heterocycles. The number of hydrogen-bond acceptors (Lipinski definition) is 4. The van der Waals surface area contributed by atoms with Crippen LogP contribution in [0.15, 0.2) is 10.7 Å². The molecule has 21 heavy (non-hydrogen) atoms. The van der Waals surface area contributed by atoms with Gasteiger partial charge in [0, 0.05) is 20.3 Å². The molecule has 0 saturated heterocycles. The number of aryl methyl sites for hydroxylation is 1. The summed E-state index contributed by atoms with van der Waals surface area (Å²) >= 11 is 3.63. The number of nitrogens with zero attached hydrogens (tertiary/aromatic N) is 2. The van der Waals surface area contributed by atoms with Crippen LogP contribution in [0.25, 0.3) is 0 Å². The maximum absolute atomic E-state index is 5.61. The average molecular weight is 362 g/mol. The molecule has 0 amide bonds. The summed E-state index contributed by atoms with van der Waals surface area (Å²) in [5.74, 6) is 0. The monoisotopic (exact) mass is 361 g/mol. The Labute approximate surface area is 136 Å². The summed E-state index contributed by atoms with van der Waals surface area (Å²) in [5, 5.41) is 8.06. The van der Waals surface area contributed by atoms with E-state index in [4.69, 9.17) is 9.47 Å². The average Bonchev–Trinajstić information content (AvgIpc) is 2.84. The Hall–Kier alpha value is -0.430. The van der Waals surface area contributed by atoms with Gasteiger partial charge in [-0.1, -0.05) is 13.8 Å². The molecule has 0 aromatic carbocycles. The molecule has 122 valence electrons. The van der Waals surface area contributed by atoms with Crippen molar-refractivity contribution in [1.82, 2.24) is 15.1 Å². The highest BCUT2D eigenvalue weighted by Crippen LogP contribution is 2.26. The molecule has 1 heterocycles. The number of nitrogens with one attached hydrogen (secondary N) is 1. The lowest BCUT2D eigenvalue weighted by molar-refractivity contribution is 0.0654. The van der Waals surface area contributed by atoms with Crippen molar-refractivity contribution < 1.29 is 9.47 Å². The largest absolute Gasteiger partial charge is 0.382 e. The molecule has 0 aliphatic carbocycles. The summed E-state index contributed by atoms with van der Waals surface area (Å²) in [4.78, 5) is 0. The molecule has 0 spiro atoms. The lowest BCUT2D eigenvalue weighted by atomic mass is 10.1. The van der Waals surface area contributed by atoms with Gasteiger partial charge in [0.15, 0.2) is 0 Å². The van der Waals surface area contributed by atoms with Crippen LogP contribution in [0.4, 0.5) is 0 Å². The van der Waals surface area contributed by atoms with Crippen LogP contribution in [-0.2, 0) is 16.0 Å².